The van der Waals surface area contributed by atoms with Gasteiger partial charge in [-0.1, -0.05) is 0 Å². The number of fused-ring (bicyclic) bond motifs is 2. The molecule has 0 radical (unpaired) electrons. The highest BCUT2D eigenvalue weighted by Crippen LogP contribution is 2.28. The molecule has 0 saturated carbocycles. The van der Waals surface area contributed by atoms with E-state index in [-0.39, 0.29) is 5.63 Å². The maximum Gasteiger partial charge on any atom is 0.345 e. The quantitative estimate of drug-likeness (QED) is 0.489. The first kappa shape index (κ1) is 18.8. The Balaban J connectivity index is 1.53. The maximum atomic E-state index is 12.8. The molecule has 0 unspecified atom stereocenters. The van der Waals surface area contributed by atoms with Crippen molar-refractivity contribution in [3.63, 3.8) is 0 Å². The number of benzene rings is 1. The van der Waals surface area contributed by atoms with Crippen LogP contribution in [0, 0.1) is 13.8 Å². The van der Waals surface area contributed by atoms with Gasteiger partial charge in [-0.3, -0.25) is 4.98 Å². The van der Waals surface area contributed by atoms with Crippen LogP contribution in [0.5, 0.6) is 0 Å². The summed E-state index contributed by atoms with van der Waals surface area (Å²) in [5.41, 5.74) is 4.86. The molecule has 4 aromatic rings. The van der Waals surface area contributed by atoms with E-state index in [2.05, 4.69) is 39.9 Å². The molecule has 1 atom stereocenters. The van der Waals surface area contributed by atoms with Gasteiger partial charge in [0.25, 0.3) is 0 Å². The molecule has 154 valence electrons. The number of anilines is 1. The summed E-state index contributed by atoms with van der Waals surface area (Å²) < 4.78 is 7.63. The van der Waals surface area contributed by atoms with Gasteiger partial charge in [0, 0.05) is 48.7 Å². The van der Waals surface area contributed by atoms with Crippen molar-refractivity contribution < 1.29 is 4.42 Å². The maximum absolute atomic E-state index is 12.8. The van der Waals surface area contributed by atoms with Gasteiger partial charge < -0.3 is 18.6 Å². The Morgan fingerprint density at radius 2 is 1.97 bits per heavy atom. The van der Waals surface area contributed by atoms with Gasteiger partial charge in [-0.25, -0.2) is 9.78 Å². The summed E-state index contributed by atoms with van der Waals surface area (Å²) in [7, 11) is 4.24. The average molecular weight is 403 g/mol. The van der Waals surface area contributed by atoms with Crippen LogP contribution < -0.4 is 10.5 Å². The molecule has 0 spiro atoms. The third-order valence-electron chi connectivity index (χ3n) is 5.98. The zero-order chi connectivity index (χ0) is 21.0. The smallest absolute Gasteiger partial charge is 0.345 e. The van der Waals surface area contributed by atoms with E-state index in [1.807, 2.05) is 48.8 Å². The Labute approximate surface area is 174 Å². The molecule has 0 bridgehead atoms. The summed E-state index contributed by atoms with van der Waals surface area (Å²) in [5, 5.41) is 0.889. The lowest BCUT2D eigenvalue weighted by Gasteiger charge is -2.22. The van der Waals surface area contributed by atoms with Crippen molar-refractivity contribution in [1.82, 2.24) is 19.3 Å². The van der Waals surface area contributed by atoms with E-state index in [0.717, 1.165) is 47.6 Å². The molecule has 0 aliphatic carbocycles. The molecule has 0 amide bonds. The third kappa shape index (κ3) is 3.15. The van der Waals surface area contributed by atoms with Crippen LogP contribution in [0.1, 0.15) is 17.8 Å². The van der Waals surface area contributed by atoms with E-state index in [1.165, 1.54) is 0 Å². The van der Waals surface area contributed by atoms with Crippen molar-refractivity contribution in [3.8, 4) is 11.3 Å². The minimum Gasteiger partial charge on any atom is -0.422 e. The van der Waals surface area contributed by atoms with E-state index >= 15 is 0 Å². The van der Waals surface area contributed by atoms with Gasteiger partial charge >= 0.3 is 5.63 Å². The second kappa shape index (κ2) is 6.95. The van der Waals surface area contributed by atoms with Crippen LogP contribution in [0.4, 0.5) is 5.69 Å². The lowest BCUT2D eigenvalue weighted by atomic mass is 10.1. The fraction of sp³-hybridized carbons (Fsp3) is 0.348. The summed E-state index contributed by atoms with van der Waals surface area (Å²) in [6.45, 7) is 5.84. The highest BCUT2D eigenvalue weighted by Gasteiger charge is 2.24. The first-order chi connectivity index (χ1) is 14.4. The van der Waals surface area contributed by atoms with Crippen LogP contribution in [-0.2, 0) is 0 Å². The second-order valence-electron chi connectivity index (χ2n) is 8.35. The van der Waals surface area contributed by atoms with Crippen molar-refractivity contribution in [2.45, 2.75) is 26.3 Å². The van der Waals surface area contributed by atoms with Crippen LogP contribution in [0.2, 0.25) is 0 Å². The van der Waals surface area contributed by atoms with Crippen LogP contribution in [-0.4, -0.2) is 52.5 Å². The van der Waals surface area contributed by atoms with Gasteiger partial charge in [0.1, 0.15) is 5.58 Å². The standard InChI is InChI=1S/C23H25N5O2/c1-14-11-28-13-20(25-22(28)15(2)24-14)19-9-16-5-6-17(10-21(16)30-23(19)29)27-8-7-18(12-27)26(3)4/h5-6,9-11,13,18H,7-8,12H2,1-4H3/t18-/m0/s1. The molecule has 1 aromatic carbocycles. The molecule has 5 rings (SSSR count). The van der Waals surface area contributed by atoms with E-state index in [9.17, 15) is 4.79 Å². The van der Waals surface area contributed by atoms with Gasteiger partial charge in [0.05, 0.1) is 22.6 Å². The molecule has 4 heterocycles. The molecule has 1 saturated heterocycles. The molecule has 0 N–H and O–H groups in total. The van der Waals surface area contributed by atoms with Gasteiger partial charge in [0.15, 0.2) is 5.65 Å². The van der Waals surface area contributed by atoms with Crippen molar-refractivity contribution in [2.75, 3.05) is 32.1 Å². The molecule has 1 aliphatic heterocycles. The molecular formula is C23H25N5O2. The summed E-state index contributed by atoms with van der Waals surface area (Å²) in [6.07, 6.45) is 4.90. The zero-order valence-corrected chi connectivity index (χ0v) is 17.7. The van der Waals surface area contributed by atoms with Gasteiger partial charge in [-0.15, -0.1) is 0 Å². The van der Waals surface area contributed by atoms with Crippen LogP contribution >= 0.6 is 0 Å². The predicted octanol–water partition coefficient (Wildman–Crippen LogP) is 3.26. The zero-order valence-electron chi connectivity index (χ0n) is 17.7. The molecule has 7 heteroatoms. The van der Waals surface area contributed by atoms with Gasteiger partial charge in [-0.05, 0) is 52.6 Å². The number of imidazole rings is 1. The Morgan fingerprint density at radius 3 is 2.73 bits per heavy atom. The molecule has 1 aliphatic rings. The molecule has 3 aromatic heterocycles. The predicted molar refractivity (Wildman–Crippen MR) is 118 cm³/mol. The number of hydrogen-bond acceptors (Lipinski definition) is 6. The first-order valence-corrected chi connectivity index (χ1v) is 10.2. The highest BCUT2D eigenvalue weighted by atomic mass is 16.4. The highest BCUT2D eigenvalue weighted by molar-refractivity contribution is 5.84. The van der Waals surface area contributed by atoms with E-state index in [0.29, 0.717) is 22.9 Å². The number of aromatic nitrogens is 3. The SMILES string of the molecule is Cc1cn2cc(-c3cc4ccc(N5CC[C@H](N(C)C)C5)cc4oc3=O)nc2c(C)n1. The Kier molecular flexibility index (Phi) is 4.36. The number of rotatable bonds is 3. The number of nitrogens with zero attached hydrogens (tertiary/aromatic N) is 5. The number of likely N-dealkylation sites (N-methyl/N-ethyl adjacent to an activating group) is 1. The Bertz CT molecular complexity index is 1320. The third-order valence-corrected chi connectivity index (χ3v) is 5.98. The van der Waals surface area contributed by atoms with Crippen LogP contribution in [0.15, 0.2) is 45.9 Å². The summed E-state index contributed by atoms with van der Waals surface area (Å²) >= 11 is 0. The monoisotopic (exact) mass is 403 g/mol. The van der Waals surface area contributed by atoms with Crippen LogP contribution in [0.3, 0.4) is 0 Å². The Hall–Kier alpha value is -3.19. The minimum absolute atomic E-state index is 0.377. The molecule has 30 heavy (non-hydrogen) atoms. The van der Waals surface area contributed by atoms with Crippen molar-refractivity contribution in [2.24, 2.45) is 0 Å². The summed E-state index contributed by atoms with van der Waals surface area (Å²) in [4.78, 5) is 26.5. The van der Waals surface area contributed by atoms with Gasteiger partial charge in [-0.2, -0.15) is 0 Å². The fourth-order valence-electron chi connectivity index (χ4n) is 4.31. The molecular weight excluding hydrogens is 378 g/mol. The largest absolute Gasteiger partial charge is 0.422 e. The lowest BCUT2D eigenvalue weighted by Crippen LogP contribution is -2.31. The van der Waals surface area contributed by atoms with E-state index in [4.69, 9.17) is 4.42 Å². The normalized spacial score (nSPS) is 17.0. The topological polar surface area (TPSA) is 66.9 Å². The summed E-state index contributed by atoms with van der Waals surface area (Å²) in [6, 6.07) is 8.51. The molecule has 7 nitrogen and oxygen atoms in total. The van der Waals surface area contributed by atoms with Crippen molar-refractivity contribution >= 4 is 22.3 Å². The Morgan fingerprint density at radius 1 is 1.13 bits per heavy atom. The van der Waals surface area contributed by atoms with Crippen molar-refractivity contribution in [1.29, 1.82) is 0 Å². The second-order valence-corrected chi connectivity index (χ2v) is 8.35. The minimum atomic E-state index is -0.377. The van der Waals surface area contributed by atoms with Crippen LogP contribution in [0.25, 0.3) is 27.9 Å². The number of aryl methyl sites for hydroxylation is 2. The average Bonchev–Trinajstić information content (AvgIpc) is 3.34. The van der Waals surface area contributed by atoms with E-state index < -0.39 is 0 Å². The van der Waals surface area contributed by atoms with E-state index in [1.54, 1.807) is 0 Å². The lowest BCUT2D eigenvalue weighted by molar-refractivity contribution is 0.315. The fourth-order valence-corrected chi connectivity index (χ4v) is 4.31. The summed E-state index contributed by atoms with van der Waals surface area (Å²) in [5.74, 6) is 0. The molecule has 1 fully saturated rings. The van der Waals surface area contributed by atoms with Gasteiger partial charge in [0.2, 0.25) is 0 Å². The first-order valence-electron chi connectivity index (χ1n) is 10.2. The number of hydrogen-bond donors (Lipinski definition) is 0. The van der Waals surface area contributed by atoms with Crippen molar-refractivity contribution in [3.05, 3.63) is 58.5 Å².